The maximum Gasteiger partial charge on any atom is 0.291 e. The van der Waals surface area contributed by atoms with Crippen molar-refractivity contribution in [3.63, 3.8) is 0 Å². The minimum Gasteiger partial charge on any atom is -0.342 e. The molecule has 2 rings (SSSR count). The Bertz CT molecular complexity index is 475. The Hall–Kier alpha value is -2.25. The Kier molecular flexibility index (Phi) is 3.43. The molecule has 90 valence electrons. The number of carbonyl (C=O) groups excluding carboxylic acids is 1. The Morgan fingerprint density at radius 1 is 1.41 bits per heavy atom. The molecule has 3 N–H and O–H groups in total. The van der Waals surface area contributed by atoms with Gasteiger partial charge in [0.2, 0.25) is 5.82 Å². The first-order valence-corrected chi connectivity index (χ1v) is 5.33. The molecule has 17 heavy (non-hydrogen) atoms. The van der Waals surface area contributed by atoms with Crippen molar-refractivity contribution in [1.29, 1.82) is 0 Å². The lowest BCUT2D eigenvalue weighted by molar-refractivity contribution is 0.0940. The summed E-state index contributed by atoms with van der Waals surface area (Å²) in [6, 6.07) is 0. The van der Waals surface area contributed by atoms with Crippen LogP contribution < -0.4 is 5.32 Å². The lowest BCUT2D eigenvalue weighted by Crippen LogP contribution is -2.24. The van der Waals surface area contributed by atoms with Gasteiger partial charge in [-0.25, -0.2) is 9.97 Å². The first-order chi connectivity index (χ1) is 8.29. The van der Waals surface area contributed by atoms with Crippen LogP contribution in [0.4, 0.5) is 0 Å². The fourth-order valence-electron chi connectivity index (χ4n) is 1.30. The quantitative estimate of drug-likeness (QED) is 0.664. The molecule has 8 heteroatoms. The molecule has 0 atom stereocenters. The summed E-state index contributed by atoms with van der Waals surface area (Å²) in [6.07, 6.45) is 3.12. The number of aromatic amines is 2. The van der Waals surface area contributed by atoms with Crippen molar-refractivity contribution in [2.24, 2.45) is 0 Å². The number of H-pyrrole nitrogens is 2. The molecule has 0 radical (unpaired) electrons. The number of hydrogen-bond donors (Lipinski definition) is 3. The average Bonchev–Trinajstić information content (AvgIpc) is 2.97. The van der Waals surface area contributed by atoms with Crippen molar-refractivity contribution in [2.75, 3.05) is 0 Å². The van der Waals surface area contributed by atoms with Gasteiger partial charge in [-0.1, -0.05) is 6.92 Å². The van der Waals surface area contributed by atoms with E-state index in [2.05, 4.69) is 35.7 Å². The van der Waals surface area contributed by atoms with Gasteiger partial charge < -0.3 is 5.32 Å². The Morgan fingerprint density at radius 2 is 2.29 bits per heavy atom. The molecule has 0 saturated heterocycles. The molecule has 0 unspecified atom stereocenters. The van der Waals surface area contributed by atoms with Crippen molar-refractivity contribution in [1.82, 2.24) is 35.7 Å². The van der Waals surface area contributed by atoms with Gasteiger partial charge in [-0.15, -0.1) is 5.10 Å². The first kappa shape index (κ1) is 11.2. The zero-order valence-electron chi connectivity index (χ0n) is 9.40. The number of rotatable bonds is 5. The zero-order valence-corrected chi connectivity index (χ0v) is 9.40. The molecule has 2 aromatic rings. The summed E-state index contributed by atoms with van der Waals surface area (Å²) in [7, 11) is 0. The van der Waals surface area contributed by atoms with Crippen LogP contribution in [0.15, 0.2) is 6.33 Å². The second-order valence-electron chi connectivity index (χ2n) is 3.47. The highest BCUT2D eigenvalue weighted by molar-refractivity contribution is 5.90. The maximum absolute atomic E-state index is 11.6. The fourth-order valence-corrected chi connectivity index (χ4v) is 1.30. The molecule has 2 heterocycles. The van der Waals surface area contributed by atoms with Crippen molar-refractivity contribution >= 4 is 5.91 Å². The van der Waals surface area contributed by atoms with Gasteiger partial charge in [0, 0.05) is 6.42 Å². The molecule has 0 aliphatic rings. The Balaban J connectivity index is 1.90. The summed E-state index contributed by atoms with van der Waals surface area (Å²) in [5.41, 5.74) is 0. The van der Waals surface area contributed by atoms with Crippen LogP contribution in [0.2, 0.25) is 0 Å². The van der Waals surface area contributed by atoms with E-state index in [-0.39, 0.29) is 18.3 Å². The predicted molar refractivity (Wildman–Crippen MR) is 57.9 cm³/mol. The van der Waals surface area contributed by atoms with Crippen molar-refractivity contribution in [2.45, 2.75) is 26.3 Å². The monoisotopic (exact) mass is 235 g/mol. The van der Waals surface area contributed by atoms with Crippen LogP contribution in [-0.2, 0) is 13.0 Å². The molecule has 8 nitrogen and oxygen atoms in total. The van der Waals surface area contributed by atoms with Crippen LogP contribution in [-0.4, -0.2) is 36.3 Å². The van der Waals surface area contributed by atoms with Crippen LogP contribution in [0.3, 0.4) is 0 Å². The van der Waals surface area contributed by atoms with E-state index in [1.807, 2.05) is 6.92 Å². The number of nitrogens with zero attached hydrogens (tertiary/aromatic N) is 4. The topological polar surface area (TPSA) is 112 Å². The number of amides is 1. The SMILES string of the molecule is CCCc1nc(C(=O)NCc2ncn[nH]2)n[nH]1. The third kappa shape index (κ3) is 2.86. The fraction of sp³-hybridized carbons (Fsp3) is 0.444. The van der Waals surface area contributed by atoms with Crippen molar-refractivity contribution < 1.29 is 4.79 Å². The third-order valence-electron chi connectivity index (χ3n) is 2.10. The average molecular weight is 235 g/mol. The molecule has 0 aromatic carbocycles. The minimum atomic E-state index is -0.333. The summed E-state index contributed by atoms with van der Waals surface area (Å²) >= 11 is 0. The van der Waals surface area contributed by atoms with Gasteiger partial charge in [0.1, 0.15) is 18.0 Å². The highest BCUT2D eigenvalue weighted by Crippen LogP contribution is 1.96. The van der Waals surface area contributed by atoms with Crippen LogP contribution in [0.5, 0.6) is 0 Å². The van der Waals surface area contributed by atoms with E-state index < -0.39 is 0 Å². The van der Waals surface area contributed by atoms with E-state index in [0.717, 1.165) is 18.7 Å². The van der Waals surface area contributed by atoms with E-state index >= 15 is 0 Å². The van der Waals surface area contributed by atoms with Crippen molar-refractivity contribution in [3.8, 4) is 0 Å². The highest BCUT2D eigenvalue weighted by atomic mass is 16.2. The second-order valence-corrected chi connectivity index (χ2v) is 3.47. The van der Waals surface area contributed by atoms with E-state index in [1.165, 1.54) is 6.33 Å². The Labute approximate surface area is 97.3 Å². The molecule has 0 aliphatic carbocycles. The molecular formula is C9H13N7O. The van der Waals surface area contributed by atoms with Gasteiger partial charge in [-0.2, -0.15) is 5.10 Å². The molecular weight excluding hydrogens is 222 g/mol. The highest BCUT2D eigenvalue weighted by Gasteiger charge is 2.11. The lowest BCUT2D eigenvalue weighted by atomic mass is 10.3. The van der Waals surface area contributed by atoms with Gasteiger partial charge in [-0.3, -0.25) is 15.0 Å². The molecule has 0 bridgehead atoms. The van der Waals surface area contributed by atoms with Gasteiger partial charge in [-0.05, 0) is 6.42 Å². The van der Waals surface area contributed by atoms with Gasteiger partial charge in [0.25, 0.3) is 5.91 Å². The molecule has 0 saturated carbocycles. The van der Waals surface area contributed by atoms with Crippen LogP contribution >= 0.6 is 0 Å². The predicted octanol–water partition coefficient (Wildman–Crippen LogP) is -0.195. The molecule has 0 aliphatic heterocycles. The van der Waals surface area contributed by atoms with Gasteiger partial charge in [0.15, 0.2) is 0 Å². The number of carbonyl (C=O) groups is 1. The summed E-state index contributed by atoms with van der Waals surface area (Å²) in [5.74, 6) is 1.12. The van der Waals surface area contributed by atoms with Crippen LogP contribution in [0, 0.1) is 0 Å². The smallest absolute Gasteiger partial charge is 0.291 e. The van der Waals surface area contributed by atoms with E-state index in [0.29, 0.717) is 5.82 Å². The first-order valence-electron chi connectivity index (χ1n) is 5.33. The molecule has 1 amide bonds. The summed E-state index contributed by atoms with van der Waals surface area (Å²) in [5, 5.41) is 15.5. The van der Waals surface area contributed by atoms with Crippen LogP contribution in [0.25, 0.3) is 0 Å². The third-order valence-corrected chi connectivity index (χ3v) is 2.10. The van der Waals surface area contributed by atoms with E-state index in [9.17, 15) is 4.79 Å². The maximum atomic E-state index is 11.6. The van der Waals surface area contributed by atoms with Gasteiger partial charge in [0.05, 0.1) is 6.54 Å². The number of hydrogen-bond acceptors (Lipinski definition) is 5. The van der Waals surface area contributed by atoms with Crippen molar-refractivity contribution in [3.05, 3.63) is 23.8 Å². The molecule has 0 spiro atoms. The normalized spacial score (nSPS) is 10.4. The van der Waals surface area contributed by atoms with Gasteiger partial charge >= 0.3 is 0 Å². The molecule has 2 aromatic heterocycles. The summed E-state index contributed by atoms with van der Waals surface area (Å²) < 4.78 is 0. The van der Waals surface area contributed by atoms with E-state index in [4.69, 9.17) is 0 Å². The summed E-state index contributed by atoms with van der Waals surface area (Å²) in [4.78, 5) is 19.6. The lowest BCUT2D eigenvalue weighted by Gasteiger charge is -1.97. The largest absolute Gasteiger partial charge is 0.342 e. The number of aromatic nitrogens is 6. The van der Waals surface area contributed by atoms with E-state index in [1.54, 1.807) is 0 Å². The van der Waals surface area contributed by atoms with Crippen LogP contribution in [0.1, 0.15) is 35.6 Å². The number of nitrogens with one attached hydrogen (secondary N) is 3. The zero-order chi connectivity index (χ0) is 12.1. The minimum absolute atomic E-state index is 0.146. The Morgan fingerprint density at radius 3 is 3.00 bits per heavy atom. The summed E-state index contributed by atoms with van der Waals surface area (Å²) in [6.45, 7) is 2.31. The second kappa shape index (κ2) is 5.19. The molecule has 0 fully saturated rings. The number of aryl methyl sites for hydroxylation is 1. The standard InChI is InChI=1S/C9H13N7O/c1-2-3-6-13-8(16-15-6)9(17)10-4-7-11-5-12-14-7/h5H,2-4H2,1H3,(H,10,17)(H,11,12,14)(H,13,15,16).